The van der Waals surface area contributed by atoms with Crippen LogP contribution in [-0.2, 0) is 10.0 Å². The highest BCUT2D eigenvalue weighted by Gasteiger charge is 2.22. The second-order valence-corrected chi connectivity index (χ2v) is 7.15. The van der Waals surface area contributed by atoms with E-state index in [0.29, 0.717) is 6.54 Å². The second-order valence-electron chi connectivity index (χ2n) is 4.45. The molecule has 0 unspecified atom stereocenters. The van der Waals surface area contributed by atoms with E-state index in [9.17, 15) is 13.2 Å². The fraction of sp³-hybridized carbons (Fsp3) is 0.545. The van der Waals surface area contributed by atoms with Gasteiger partial charge in [-0.3, -0.25) is 4.79 Å². The predicted octanol–water partition coefficient (Wildman–Crippen LogP) is 0.643. The lowest BCUT2D eigenvalue weighted by Crippen LogP contribution is -2.49. The van der Waals surface area contributed by atoms with E-state index in [4.69, 9.17) is 10.9 Å². The van der Waals surface area contributed by atoms with Crippen molar-refractivity contribution < 1.29 is 13.2 Å². The Labute approximate surface area is 117 Å². The summed E-state index contributed by atoms with van der Waals surface area (Å²) in [4.78, 5) is 11.9. The first kappa shape index (κ1) is 16.1. The van der Waals surface area contributed by atoms with Crippen LogP contribution in [0.2, 0.25) is 0 Å². The molecule has 5 N–H and O–H groups in total. The van der Waals surface area contributed by atoms with E-state index in [0.717, 1.165) is 24.2 Å². The molecule has 0 radical (unpaired) electrons. The Kier molecular flexibility index (Phi) is 5.08. The summed E-state index contributed by atoms with van der Waals surface area (Å²) in [5, 5.41) is 9.16. The highest BCUT2D eigenvalue weighted by Crippen LogP contribution is 2.19. The summed E-state index contributed by atoms with van der Waals surface area (Å²) in [6.45, 7) is 4.26. The molecule has 6 nitrogen and oxygen atoms in total. The predicted molar refractivity (Wildman–Crippen MR) is 75.5 cm³/mol. The number of amides is 1. The van der Waals surface area contributed by atoms with Gasteiger partial charge in [0, 0.05) is 17.5 Å². The Balaban J connectivity index is 2.72. The summed E-state index contributed by atoms with van der Waals surface area (Å²) in [7, 11) is -3.75. The fourth-order valence-corrected chi connectivity index (χ4v) is 3.03. The highest BCUT2D eigenvalue weighted by atomic mass is 32.2. The molecule has 0 atom stereocenters. The largest absolute Gasteiger partial charge is 0.350 e. The van der Waals surface area contributed by atoms with Crippen molar-refractivity contribution in [3.63, 3.8) is 0 Å². The van der Waals surface area contributed by atoms with Crippen molar-refractivity contribution in [1.29, 1.82) is 0 Å². The van der Waals surface area contributed by atoms with Gasteiger partial charge in [0.15, 0.2) is 0 Å². The zero-order chi connectivity index (χ0) is 14.7. The summed E-state index contributed by atoms with van der Waals surface area (Å²) in [5.74, 6) is -0.345. The first-order chi connectivity index (χ1) is 8.72. The Morgan fingerprint density at radius 2 is 2.00 bits per heavy atom. The van der Waals surface area contributed by atoms with Crippen LogP contribution in [0.5, 0.6) is 0 Å². The zero-order valence-corrected chi connectivity index (χ0v) is 12.6. The number of carbonyl (C=O) groups is 1. The minimum absolute atomic E-state index is 0.0253. The number of nitrogens with two attached hydrogens (primary N) is 2. The van der Waals surface area contributed by atoms with Crippen LogP contribution in [0.4, 0.5) is 0 Å². The number of hydrogen-bond acceptors (Lipinski definition) is 5. The van der Waals surface area contributed by atoms with Crippen molar-refractivity contribution in [1.82, 2.24) is 5.32 Å². The van der Waals surface area contributed by atoms with Gasteiger partial charge >= 0.3 is 0 Å². The lowest BCUT2D eigenvalue weighted by atomic mass is 9.94. The molecule has 1 amide bonds. The average molecular weight is 305 g/mol. The number of sulfonamides is 1. The molecule has 0 bridgehead atoms. The van der Waals surface area contributed by atoms with Crippen molar-refractivity contribution in [2.24, 2.45) is 10.9 Å². The van der Waals surface area contributed by atoms with Gasteiger partial charge in [-0.2, -0.15) is 0 Å². The zero-order valence-electron chi connectivity index (χ0n) is 11.0. The topological polar surface area (TPSA) is 115 Å². The quantitative estimate of drug-likeness (QED) is 0.715. The molecule has 0 aliphatic carbocycles. The fourth-order valence-electron chi connectivity index (χ4n) is 1.44. The van der Waals surface area contributed by atoms with Crippen LogP contribution >= 0.6 is 11.3 Å². The molecule has 1 aromatic heterocycles. The van der Waals surface area contributed by atoms with Gasteiger partial charge in [0.05, 0.1) is 5.56 Å². The van der Waals surface area contributed by atoms with Crippen LogP contribution in [0.3, 0.4) is 0 Å². The van der Waals surface area contributed by atoms with E-state index in [-0.39, 0.29) is 15.7 Å². The Morgan fingerprint density at radius 1 is 1.42 bits per heavy atom. The molecule has 0 saturated carbocycles. The van der Waals surface area contributed by atoms with Crippen molar-refractivity contribution in [2.45, 2.75) is 36.4 Å². The molecule has 1 aromatic rings. The molecule has 0 aromatic carbocycles. The van der Waals surface area contributed by atoms with E-state index in [2.05, 4.69) is 5.32 Å². The molecule has 0 aliphatic heterocycles. The van der Waals surface area contributed by atoms with E-state index in [1.54, 1.807) is 0 Å². The van der Waals surface area contributed by atoms with Crippen LogP contribution in [0.1, 0.15) is 37.0 Å². The van der Waals surface area contributed by atoms with Crippen LogP contribution in [0.15, 0.2) is 15.7 Å². The number of rotatable bonds is 6. The molecule has 0 fully saturated rings. The summed E-state index contributed by atoms with van der Waals surface area (Å²) in [5.41, 5.74) is 5.91. The van der Waals surface area contributed by atoms with E-state index >= 15 is 0 Å². The van der Waals surface area contributed by atoms with Crippen molar-refractivity contribution in [2.75, 3.05) is 6.54 Å². The van der Waals surface area contributed by atoms with Crippen molar-refractivity contribution in [3.05, 3.63) is 17.0 Å². The highest BCUT2D eigenvalue weighted by molar-refractivity contribution is 7.91. The molecule has 0 spiro atoms. The van der Waals surface area contributed by atoms with E-state index < -0.39 is 15.6 Å². The smallest absolute Gasteiger partial charge is 0.252 e. The minimum Gasteiger partial charge on any atom is -0.350 e. The Morgan fingerprint density at radius 3 is 2.42 bits per heavy atom. The van der Waals surface area contributed by atoms with Gasteiger partial charge in [-0.1, -0.05) is 13.8 Å². The molecular weight excluding hydrogens is 286 g/mol. The van der Waals surface area contributed by atoms with Gasteiger partial charge in [-0.25, -0.2) is 13.6 Å². The lowest BCUT2D eigenvalue weighted by molar-refractivity contribution is 0.0942. The van der Waals surface area contributed by atoms with Gasteiger partial charge in [0.25, 0.3) is 5.91 Å². The number of thiophene rings is 1. The minimum atomic E-state index is -3.75. The normalized spacial score (nSPS) is 12.4. The SMILES string of the molecule is CCC(N)(CC)CNC(=O)c1csc(S(N)(=O)=O)c1. The number of nitrogens with one attached hydrogen (secondary N) is 1. The maximum Gasteiger partial charge on any atom is 0.252 e. The van der Waals surface area contributed by atoms with Crippen molar-refractivity contribution >= 4 is 27.3 Å². The van der Waals surface area contributed by atoms with Gasteiger partial charge in [0.2, 0.25) is 10.0 Å². The van der Waals surface area contributed by atoms with Gasteiger partial charge in [0.1, 0.15) is 4.21 Å². The van der Waals surface area contributed by atoms with Crippen LogP contribution in [0, 0.1) is 0 Å². The van der Waals surface area contributed by atoms with Crippen LogP contribution in [-0.4, -0.2) is 26.4 Å². The van der Waals surface area contributed by atoms with Crippen molar-refractivity contribution in [3.8, 4) is 0 Å². The lowest BCUT2D eigenvalue weighted by Gasteiger charge is -2.26. The third kappa shape index (κ3) is 4.27. The van der Waals surface area contributed by atoms with Gasteiger partial charge in [-0.05, 0) is 18.9 Å². The van der Waals surface area contributed by atoms with Crippen LogP contribution in [0.25, 0.3) is 0 Å². The molecular formula is C11H19N3O3S2. The van der Waals surface area contributed by atoms with E-state index in [1.165, 1.54) is 11.4 Å². The average Bonchev–Trinajstić information content (AvgIpc) is 2.85. The monoisotopic (exact) mass is 305 g/mol. The number of carbonyl (C=O) groups excluding carboxylic acids is 1. The molecule has 1 heterocycles. The summed E-state index contributed by atoms with van der Waals surface area (Å²) >= 11 is 0.925. The Hall–Kier alpha value is -0.960. The summed E-state index contributed by atoms with van der Waals surface area (Å²) in [6, 6.07) is 1.27. The molecule has 19 heavy (non-hydrogen) atoms. The standard InChI is InChI=1S/C11H19N3O3S2/c1-3-11(12,4-2)7-14-10(15)8-5-9(18-6-8)19(13,16)17/h5-6H,3-4,7,12H2,1-2H3,(H,14,15)(H2,13,16,17). The number of hydrogen-bond donors (Lipinski definition) is 3. The van der Waals surface area contributed by atoms with Gasteiger partial charge in [-0.15, -0.1) is 11.3 Å². The molecule has 0 saturated heterocycles. The summed E-state index contributed by atoms with van der Waals surface area (Å²) in [6.07, 6.45) is 1.49. The number of primary sulfonamides is 1. The molecule has 1 rings (SSSR count). The molecule has 8 heteroatoms. The second kappa shape index (κ2) is 6.00. The Bertz CT molecular complexity index is 547. The first-order valence-electron chi connectivity index (χ1n) is 5.90. The van der Waals surface area contributed by atoms with E-state index in [1.807, 2.05) is 13.8 Å². The van der Waals surface area contributed by atoms with Gasteiger partial charge < -0.3 is 11.1 Å². The summed E-state index contributed by atoms with van der Waals surface area (Å²) < 4.78 is 22.2. The molecule has 0 aliphatic rings. The maximum absolute atomic E-state index is 11.9. The maximum atomic E-state index is 11.9. The molecule has 108 valence electrons. The third-order valence-electron chi connectivity index (χ3n) is 3.13. The first-order valence-corrected chi connectivity index (χ1v) is 8.33. The van der Waals surface area contributed by atoms with Crippen LogP contribution < -0.4 is 16.2 Å². The third-order valence-corrected chi connectivity index (χ3v) is 5.51.